The highest BCUT2D eigenvalue weighted by atomic mass is 16.5. The SMILES string of the molecule is CCOC[C@]1(CCc2ccnc(OC)c2)CCN(C(C)(C)c2ccc(C)nc2)C1. The average Bonchev–Trinajstić information content (AvgIpc) is 3.17. The van der Waals surface area contributed by atoms with E-state index in [1.807, 2.05) is 25.4 Å². The molecule has 5 nitrogen and oxygen atoms in total. The van der Waals surface area contributed by atoms with Gasteiger partial charge >= 0.3 is 0 Å². The molecular weight excluding hydrogens is 362 g/mol. The molecule has 1 atom stereocenters. The monoisotopic (exact) mass is 397 g/mol. The Morgan fingerprint density at radius 3 is 2.72 bits per heavy atom. The van der Waals surface area contributed by atoms with Gasteiger partial charge in [0.25, 0.3) is 0 Å². The van der Waals surface area contributed by atoms with Gasteiger partial charge in [-0.05, 0) is 76.8 Å². The smallest absolute Gasteiger partial charge is 0.213 e. The summed E-state index contributed by atoms with van der Waals surface area (Å²) in [5.74, 6) is 0.683. The van der Waals surface area contributed by atoms with Crippen molar-refractivity contribution in [3.8, 4) is 5.88 Å². The molecule has 0 unspecified atom stereocenters. The Kier molecular flexibility index (Phi) is 6.91. The third kappa shape index (κ3) is 5.14. The second kappa shape index (κ2) is 9.23. The number of aryl methyl sites for hydroxylation is 2. The van der Waals surface area contributed by atoms with Gasteiger partial charge in [-0.15, -0.1) is 0 Å². The van der Waals surface area contributed by atoms with E-state index in [4.69, 9.17) is 9.47 Å². The van der Waals surface area contributed by atoms with Crippen LogP contribution in [0.3, 0.4) is 0 Å². The number of hydrogen-bond acceptors (Lipinski definition) is 5. The Hall–Kier alpha value is -1.98. The van der Waals surface area contributed by atoms with Crippen molar-refractivity contribution in [3.63, 3.8) is 0 Å². The Bertz CT molecular complexity index is 791. The van der Waals surface area contributed by atoms with Gasteiger partial charge in [0, 0.05) is 48.3 Å². The summed E-state index contributed by atoms with van der Waals surface area (Å²) in [7, 11) is 1.67. The lowest BCUT2D eigenvalue weighted by atomic mass is 9.81. The molecular formula is C24H35N3O2. The van der Waals surface area contributed by atoms with Crippen LogP contribution in [-0.2, 0) is 16.7 Å². The molecule has 5 heteroatoms. The lowest BCUT2D eigenvalue weighted by molar-refractivity contribution is 0.0384. The van der Waals surface area contributed by atoms with Gasteiger partial charge in [0.05, 0.1) is 13.7 Å². The van der Waals surface area contributed by atoms with E-state index < -0.39 is 0 Å². The fourth-order valence-electron chi connectivity index (χ4n) is 4.26. The largest absolute Gasteiger partial charge is 0.481 e. The molecule has 1 aliphatic rings. The van der Waals surface area contributed by atoms with Gasteiger partial charge in [-0.2, -0.15) is 0 Å². The van der Waals surface area contributed by atoms with E-state index in [2.05, 4.69) is 53.8 Å². The first-order chi connectivity index (χ1) is 13.9. The topological polar surface area (TPSA) is 47.5 Å². The van der Waals surface area contributed by atoms with Crippen LogP contribution >= 0.6 is 0 Å². The maximum absolute atomic E-state index is 5.96. The van der Waals surface area contributed by atoms with E-state index in [-0.39, 0.29) is 11.0 Å². The minimum Gasteiger partial charge on any atom is -0.481 e. The summed E-state index contributed by atoms with van der Waals surface area (Å²) in [4.78, 5) is 11.4. The van der Waals surface area contributed by atoms with Gasteiger partial charge in [0.2, 0.25) is 5.88 Å². The quantitative estimate of drug-likeness (QED) is 0.628. The second-order valence-corrected chi connectivity index (χ2v) is 8.76. The van der Waals surface area contributed by atoms with Crippen LogP contribution in [0.25, 0.3) is 0 Å². The van der Waals surface area contributed by atoms with E-state index in [1.54, 1.807) is 7.11 Å². The van der Waals surface area contributed by atoms with Gasteiger partial charge in [-0.1, -0.05) is 6.07 Å². The van der Waals surface area contributed by atoms with E-state index in [1.165, 1.54) is 11.1 Å². The fourth-order valence-corrected chi connectivity index (χ4v) is 4.26. The molecule has 2 aromatic rings. The molecule has 0 radical (unpaired) electrons. The number of aromatic nitrogens is 2. The number of nitrogens with zero attached hydrogens (tertiary/aromatic N) is 3. The lowest BCUT2D eigenvalue weighted by Gasteiger charge is -2.38. The molecule has 1 aliphatic heterocycles. The van der Waals surface area contributed by atoms with Crippen molar-refractivity contribution in [1.29, 1.82) is 0 Å². The van der Waals surface area contributed by atoms with Crippen molar-refractivity contribution in [2.24, 2.45) is 5.41 Å². The molecule has 0 spiro atoms. The average molecular weight is 398 g/mol. The second-order valence-electron chi connectivity index (χ2n) is 8.76. The Balaban J connectivity index is 1.73. The van der Waals surface area contributed by atoms with Gasteiger partial charge < -0.3 is 9.47 Å². The predicted octanol–water partition coefficient (Wildman–Crippen LogP) is 4.39. The molecule has 158 valence electrons. The highest BCUT2D eigenvalue weighted by molar-refractivity contribution is 5.23. The van der Waals surface area contributed by atoms with Crippen molar-refractivity contribution < 1.29 is 9.47 Å². The summed E-state index contributed by atoms with van der Waals surface area (Å²) < 4.78 is 11.2. The summed E-state index contributed by atoms with van der Waals surface area (Å²) in [6.45, 7) is 12.4. The summed E-state index contributed by atoms with van der Waals surface area (Å²) in [5.41, 5.74) is 3.73. The standard InChI is InChI=1S/C24H35N3O2/c1-6-29-18-24(11-9-20-10-13-25-22(15-20)28-5)12-14-27(17-24)23(3,4)21-8-7-19(2)26-16-21/h7-8,10,13,15-16H,6,9,11-12,14,17-18H2,1-5H3/t24-/m1/s1. The van der Waals surface area contributed by atoms with Crippen molar-refractivity contribution in [2.75, 3.05) is 33.4 Å². The molecule has 1 saturated heterocycles. The van der Waals surface area contributed by atoms with Crippen LogP contribution in [0, 0.1) is 12.3 Å². The van der Waals surface area contributed by atoms with Crippen molar-refractivity contribution in [2.45, 2.75) is 52.5 Å². The van der Waals surface area contributed by atoms with Gasteiger partial charge in [-0.25, -0.2) is 4.98 Å². The van der Waals surface area contributed by atoms with Crippen molar-refractivity contribution >= 4 is 0 Å². The van der Waals surface area contributed by atoms with Crippen LogP contribution in [0.1, 0.15) is 50.4 Å². The molecule has 0 amide bonds. The maximum atomic E-state index is 5.96. The molecule has 0 aromatic carbocycles. The number of likely N-dealkylation sites (tertiary alicyclic amines) is 1. The number of hydrogen-bond donors (Lipinski definition) is 0. The molecule has 0 bridgehead atoms. The van der Waals surface area contributed by atoms with E-state index >= 15 is 0 Å². The molecule has 29 heavy (non-hydrogen) atoms. The zero-order valence-electron chi connectivity index (χ0n) is 18.6. The van der Waals surface area contributed by atoms with E-state index in [9.17, 15) is 0 Å². The molecule has 1 fully saturated rings. The Morgan fingerprint density at radius 2 is 2.03 bits per heavy atom. The van der Waals surface area contributed by atoms with Crippen LogP contribution in [-0.4, -0.2) is 48.3 Å². The van der Waals surface area contributed by atoms with Gasteiger partial charge in [0.1, 0.15) is 0 Å². The Labute approximate surface area is 175 Å². The highest BCUT2D eigenvalue weighted by Gasteiger charge is 2.43. The van der Waals surface area contributed by atoms with Crippen LogP contribution in [0.15, 0.2) is 36.7 Å². The molecule has 0 saturated carbocycles. The fraction of sp³-hybridized carbons (Fsp3) is 0.583. The predicted molar refractivity (Wildman–Crippen MR) is 116 cm³/mol. The van der Waals surface area contributed by atoms with Gasteiger partial charge in [0.15, 0.2) is 0 Å². The van der Waals surface area contributed by atoms with Crippen molar-refractivity contribution in [3.05, 3.63) is 53.5 Å². The lowest BCUT2D eigenvalue weighted by Crippen LogP contribution is -2.42. The first-order valence-corrected chi connectivity index (χ1v) is 10.6. The Morgan fingerprint density at radius 1 is 1.21 bits per heavy atom. The van der Waals surface area contributed by atoms with E-state index in [0.717, 1.165) is 51.3 Å². The summed E-state index contributed by atoms with van der Waals surface area (Å²) in [6.07, 6.45) is 7.11. The zero-order valence-corrected chi connectivity index (χ0v) is 18.6. The summed E-state index contributed by atoms with van der Waals surface area (Å²) in [6, 6.07) is 8.46. The number of rotatable bonds is 9. The maximum Gasteiger partial charge on any atom is 0.213 e. The minimum absolute atomic E-state index is 0.0471. The molecule has 2 aromatic heterocycles. The third-order valence-corrected chi connectivity index (χ3v) is 6.41. The van der Waals surface area contributed by atoms with Crippen LogP contribution in [0.2, 0.25) is 0 Å². The van der Waals surface area contributed by atoms with Crippen molar-refractivity contribution in [1.82, 2.24) is 14.9 Å². The number of pyridine rings is 2. The molecule has 0 N–H and O–H groups in total. The normalized spacial score (nSPS) is 20.2. The van der Waals surface area contributed by atoms with Crippen LogP contribution < -0.4 is 4.74 Å². The molecule has 3 heterocycles. The molecule has 0 aliphatic carbocycles. The first kappa shape index (κ1) is 21.7. The number of methoxy groups -OCH3 is 1. The van der Waals surface area contributed by atoms with Crippen LogP contribution in [0.4, 0.5) is 0 Å². The minimum atomic E-state index is -0.0471. The van der Waals surface area contributed by atoms with Gasteiger partial charge in [-0.3, -0.25) is 9.88 Å². The molecule has 3 rings (SSSR count). The zero-order chi connectivity index (χ0) is 20.9. The number of ether oxygens (including phenoxy) is 2. The highest BCUT2D eigenvalue weighted by Crippen LogP contribution is 2.41. The van der Waals surface area contributed by atoms with E-state index in [0.29, 0.717) is 5.88 Å². The summed E-state index contributed by atoms with van der Waals surface area (Å²) in [5, 5.41) is 0. The summed E-state index contributed by atoms with van der Waals surface area (Å²) >= 11 is 0. The first-order valence-electron chi connectivity index (χ1n) is 10.6. The van der Waals surface area contributed by atoms with Crippen LogP contribution in [0.5, 0.6) is 5.88 Å². The third-order valence-electron chi connectivity index (χ3n) is 6.41.